The summed E-state index contributed by atoms with van der Waals surface area (Å²) in [6.45, 7) is 4.45. The highest BCUT2D eigenvalue weighted by atomic mass is 16.6. The van der Waals surface area contributed by atoms with Crippen LogP contribution in [0.4, 0.5) is 0 Å². The maximum absolute atomic E-state index is 11.1. The van der Waals surface area contributed by atoms with Crippen molar-refractivity contribution in [1.29, 1.82) is 0 Å². The van der Waals surface area contributed by atoms with E-state index in [1.807, 2.05) is 18.2 Å². The Bertz CT molecular complexity index is 550. The number of esters is 1. The van der Waals surface area contributed by atoms with E-state index in [0.717, 1.165) is 17.9 Å². The fraction of sp³-hybridized carbons (Fsp3) is 0.542. The minimum absolute atomic E-state index is 0.324. The Morgan fingerprint density at radius 2 is 1.44 bits per heavy atom. The van der Waals surface area contributed by atoms with E-state index in [-0.39, 0.29) is 5.97 Å². The van der Waals surface area contributed by atoms with Crippen molar-refractivity contribution in [3.8, 4) is 0 Å². The monoisotopic (exact) mass is 372 g/mol. The van der Waals surface area contributed by atoms with E-state index in [2.05, 4.69) is 19.1 Å². The lowest BCUT2D eigenvalue weighted by Gasteiger charge is -2.00. The summed E-state index contributed by atoms with van der Waals surface area (Å²) in [5.74, 6) is 1.47. The van der Waals surface area contributed by atoms with Gasteiger partial charge in [-0.05, 0) is 31.9 Å². The second-order valence-electron chi connectivity index (χ2n) is 6.71. The lowest BCUT2D eigenvalue weighted by atomic mass is 10.1. The number of rotatable bonds is 15. The van der Waals surface area contributed by atoms with Gasteiger partial charge in [-0.1, -0.05) is 88.7 Å². The molecule has 150 valence electrons. The van der Waals surface area contributed by atoms with Crippen molar-refractivity contribution >= 4 is 5.97 Å². The van der Waals surface area contributed by atoms with Crippen molar-refractivity contribution in [2.75, 3.05) is 6.61 Å². The molecule has 0 aromatic rings. The minimum atomic E-state index is -0.324. The highest BCUT2D eigenvalue weighted by Gasteiger charge is 2.21. The number of ether oxygens (including phenoxy) is 2. The number of epoxide rings is 1. The van der Waals surface area contributed by atoms with E-state index >= 15 is 0 Å². The average molecular weight is 373 g/mol. The van der Waals surface area contributed by atoms with E-state index in [9.17, 15) is 4.79 Å². The molecule has 1 aliphatic heterocycles. The minimum Gasteiger partial charge on any atom is -0.463 e. The summed E-state index contributed by atoms with van der Waals surface area (Å²) in [7, 11) is 0. The van der Waals surface area contributed by atoms with Crippen molar-refractivity contribution in [2.24, 2.45) is 0 Å². The first-order chi connectivity index (χ1) is 13.3. The van der Waals surface area contributed by atoms with E-state index in [1.165, 1.54) is 63.9 Å². The first-order valence-electron chi connectivity index (χ1n) is 10.5. The van der Waals surface area contributed by atoms with Gasteiger partial charge in [0.15, 0.2) is 11.5 Å². The smallest absolute Gasteiger partial charge is 0.330 e. The molecular formula is C24H36O3. The van der Waals surface area contributed by atoms with Gasteiger partial charge < -0.3 is 9.47 Å². The van der Waals surface area contributed by atoms with Gasteiger partial charge in [0.2, 0.25) is 0 Å². The first-order valence-corrected chi connectivity index (χ1v) is 10.5. The third-order valence-corrected chi connectivity index (χ3v) is 4.27. The highest BCUT2D eigenvalue weighted by molar-refractivity contribution is 5.82. The second-order valence-corrected chi connectivity index (χ2v) is 6.71. The molecule has 0 radical (unpaired) electrons. The molecule has 0 aromatic carbocycles. The van der Waals surface area contributed by atoms with Crippen LogP contribution in [0.3, 0.4) is 0 Å². The lowest BCUT2D eigenvalue weighted by molar-refractivity contribution is -0.137. The van der Waals surface area contributed by atoms with Gasteiger partial charge in [-0.15, -0.1) is 0 Å². The fourth-order valence-corrected chi connectivity index (χ4v) is 2.68. The summed E-state index contributed by atoms with van der Waals surface area (Å²) in [4.78, 5) is 11.1. The van der Waals surface area contributed by atoms with Crippen LogP contribution in [-0.4, -0.2) is 12.6 Å². The van der Waals surface area contributed by atoms with Crippen LogP contribution in [0.2, 0.25) is 0 Å². The standard InChI is InChI=1S/C24H36O3/c1-3-5-6-7-8-9-10-11-12-13-14-16-19-22-23(27-22)20-17-15-18-21-24(25)26-4-2/h14-21H,3-13H2,1-2H3/b16-14+,17-15+,21-18+,22-19-,23-20-. The summed E-state index contributed by atoms with van der Waals surface area (Å²) < 4.78 is 10.2. The third kappa shape index (κ3) is 13.8. The summed E-state index contributed by atoms with van der Waals surface area (Å²) >= 11 is 0. The van der Waals surface area contributed by atoms with E-state index in [1.54, 1.807) is 19.1 Å². The van der Waals surface area contributed by atoms with Crippen molar-refractivity contribution in [1.82, 2.24) is 0 Å². The Morgan fingerprint density at radius 1 is 0.815 bits per heavy atom. The number of hydrogen-bond donors (Lipinski definition) is 0. The van der Waals surface area contributed by atoms with E-state index in [4.69, 9.17) is 9.47 Å². The van der Waals surface area contributed by atoms with Gasteiger partial charge in [-0.3, -0.25) is 0 Å². The zero-order valence-corrected chi connectivity index (χ0v) is 17.1. The first kappa shape index (κ1) is 23.0. The molecule has 1 aliphatic rings. The fourth-order valence-electron chi connectivity index (χ4n) is 2.68. The van der Waals surface area contributed by atoms with Crippen LogP contribution in [0.15, 0.2) is 60.1 Å². The number of unbranched alkanes of at least 4 members (excludes halogenated alkanes) is 9. The molecule has 0 unspecified atom stereocenters. The Labute approximate surface area is 165 Å². The quantitative estimate of drug-likeness (QED) is 0.103. The molecule has 0 bridgehead atoms. The molecule has 0 aliphatic carbocycles. The molecular weight excluding hydrogens is 336 g/mol. The largest absolute Gasteiger partial charge is 0.463 e. The van der Waals surface area contributed by atoms with Crippen LogP contribution in [-0.2, 0) is 14.3 Å². The SMILES string of the molecule is CCCCCCCCCCC/C=C/C=C1\O\C1=C/C=C/C=C/C(=O)OCC. The van der Waals surface area contributed by atoms with Crippen molar-refractivity contribution < 1.29 is 14.3 Å². The molecule has 1 rings (SSSR count). The molecule has 0 N–H and O–H groups in total. The maximum atomic E-state index is 11.1. The predicted molar refractivity (Wildman–Crippen MR) is 113 cm³/mol. The Balaban J connectivity index is 2.02. The van der Waals surface area contributed by atoms with Gasteiger partial charge in [0.25, 0.3) is 0 Å². The van der Waals surface area contributed by atoms with Crippen molar-refractivity contribution in [3.05, 3.63) is 60.1 Å². The van der Waals surface area contributed by atoms with Gasteiger partial charge in [0, 0.05) is 6.08 Å². The van der Waals surface area contributed by atoms with Crippen LogP contribution in [0.1, 0.15) is 78.1 Å². The van der Waals surface area contributed by atoms with Gasteiger partial charge in [0.1, 0.15) is 0 Å². The zero-order valence-electron chi connectivity index (χ0n) is 17.1. The summed E-state index contributed by atoms with van der Waals surface area (Å²) in [6, 6.07) is 0. The normalized spacial score (nSPS) is 16.8. The molecule has 1 saturated heterocycles. The Hall–Kier alpha value is -2.03. The molecule has 0 aromatic heterocycles. The van der Waals surface area contributed by atoms with Gasteiger partial charge >= 0.3 is 5.97 Å². The van der Waals surface area contributed by atoms with Crippen LogP contribution >= 0.6 is 0 Å². The molecule has 0 atom stereocenters. The highest BCUT2D eigenvalue weighted by Crippen LogP contribution is 2.31. The number of hydrogen-bond acceptors (Lipinski definition) is 3. The molecule has 27 heavy (non-hydrogen) atoms. The van der Waals surface area contributed by atoms with E-state index < -0.39 is 0 Å². The molecule has 0 saturated carbocycles. The van der Waals surface area contributed by atoms with Crippen LogP contribution in [0, 0.1) is 0 Å². The van der Waals surface area contributed by atoms with Crippen molar-refractivity contribution in [2.45, 2.75) is 78.1 Å². The zero-order chi connectivity index (χ0) is 19.6. The van der Waals surface area contributed by atoms with Crippen LogP contribution in [0.25, 0.3) is 0 Å². The predicted octanol–water partition coefficient (Wildman–Crippen LogP) is 6.94. The summed E-state index contributed by atoms with van der Waals surface area (Å²) in [6.07, 6.45) is 28.3. The van der Waals surface area contributed by atoms with Gasteiger partial charge in [-0.2, -0.15) is 0 Å². The lowest BCUT2D eigenvalue weighted by Crippen LogP contribution is -1.98. The second kappa shape index (κ2) is 16.2. The molecule has 3 nitrogen and oxygen atoms in total. The van der Waals surface area contributed by atoms with Crippen LogP contribution < -0.4 is 0 Å². The average Bonchev–Trinajstić information content (AvgIpc) is 3.41. The summed E-state index contributed by atoms with van der Waals surface area (Å²) in [5, 5.41) is 0. The molecule has 1 heterocycles. The number of carbonyl (C=O) groups is 1. The number of allylic oxidation sites excluding steroid dienone is 7. The topological polar surface area (TPSA) is 38.8 Å². The van der Waals surface area contributed by atoms with Crippen LogP contribution in [0.5, 0.6) is 0 Å². The Morgan fingerprint density at radius 3 is 2.11 bits per heavy atom. The third-order valence-electron chi connectivity index (χ3n) is 4.27. The van der Waals surface area contributed by atoms with E-state index in [0.29, 0.717) is 6.61 Å². The molecule has 0 amide bonds. The van der Waals surface area contributed by atoms with Gasteiger partial charge in [-0.25, -0.2) is 4.79 Å². The molecule has 0 spiro atoms. The maximum Gasteiger partial charge on any atom is 0.330 e. The Kier molecular flexibility index (Phi) is 13.8. The van der Waals surface area contributed by atoms with Crippen molar-refractivity contribution in [3.63, 3.8) is 0 Å². The van der Waals surface area contributed by atoms with Gasteiger partial charge in [0.05, 0.1) is 6.61 Å². The molecule has 1 fully saturated rings. The summed E-state index contributed by atoms with van der Waals surface area (Å²) in [5.41, 5.74) is 0. The number of carbonyl (C=O) groups excluding carboxylic acids is 1. The molecule has 3 heteroatoms.